The minimum atomic E-state index is -0.133. The number of piperazine rings is 1. The molecule has 0 bridgehead atoms. The molecule has 2 amide bonds. The minimum absolute atomic E-state index is 0.0641. The van der Waals surface area contributed by atoms with E-state index in [1.54, 1.807) is 24.5 Å². The first-order chi connectivity index (χ1) is 14.7. The highest BCUT2D eigenvalue weighted by Gasteiger charge is 2.37. The van der Waals surface area contributed by atoms with E-state index < -0.39 is 0 Å². The van der Waals surface area contributed by atoms with Gasteiger partial charge in [0.1, 0.15) is 6.04 Å². The number of nitrogens with zero attached hydrogens (tertiary/aromatic N) is 5. The predicted molar refractivity (Wildman–Crippen MR) is 112 cm³/mol. The topological polar surface area (TPSA) is 93.7 Å². The third-order valence-electron chi connectivity index (χ3n) is 5.97. The number of carbonyl (C=O) groups is 2. The predicted octanol–water partition coefficient (Wildman–Crippen LogP) is 0.860. The summed E-state index contributed by atoms with van der Waals surface area (Å²) in [6.07, 6.45) is 7.07. The molecule has 0 spiro atoms. The Labute approximate surface area is 175 Å². The van der Waals surface area contributed by atoms with Crippen LogP contribution in [0.15, 0.2) is 36.8 Å². The number of hydrogen-bond donors (Lipinski definition) is 2. The molecule has 0 saturated carbocycles. The molecule has 9 nitrogen and oxygen atoms in total. The number of nitrogens with one attached hydrogen (secondary N) is 2. The van der Waals surface area contributed by atoms with Crippen molar-refractivity contribution in [2.24, 2.45) is 0 Å². The molecule has 2 aromatic heterocycles. The molecule has 1 atom stereocenters. The lowest BCUT2D eigenvalue weighted by molar-refractivity contribution is -0.117. The Bertz CT molecular complexity index is 944. The Morgan fingerprint density at radius 2 is 2.07 bits per heavy atom. The van der Waals surface area contributed by atoms with Crippen LogP contribution in [0.5, 0.6) is 0 Å². The van der Waals surface area contributed by atoms with Crippen molar-refractivity contribution in [1.29, 1.82) is 0 Å². The van der Waals surface area contributed by atoms with E-state index >= 15 is 0 Å². The van der Waals surface area contributed by atoms with Crippen molar-refractivity contribution in [3.05, 3.63) is 47.9 Å². The van der Waals surface area contributed by atoms with Crippen molar-refractivity contribution >= 4 is 23.3 Å². The van der Waals surface area contributed by atoms with E-state index in [-0.39, 0.29) is 17.9 Å². The second kappa shape index (κ2) is 8.00. The number of carbonyl (C=O) groups excluding carboxylic acids is 2. The van der Waals surface area contributed by atoms with E-state index in [0.717, 1.165) is 69.2 Å². The Kier molecular flexibility index (Phi) is 5.06. The van der Waals surface area contributed by atoms with E-state index in [9.17, 15) is 9.59 Å². The maximum Gasteiger partial charge on any atom is 0.267 e. The van der Waals surface area contributed by atoms with Crippen LogP contribution in [-0.4, -0.2) is 70.5 Å². The lowest BCUT2D eigenvalue weighted by Gasteiger charge is -2.35. The quantitative estimate of drug-likeness (QED) is 0.776. The van der Waals surface area contributed by atoms with Crippen LogP contribution in [0.4, 0.5) is 11.5 Å². The summed E-state index contributed by atoms with van der Waals surface area (Å²) in [5, 5.41) is 4.98. The molecule has 9 heteroatoms. The fourth-order valence-corrected chi connectivity index (χ4v) is 4.40. The van der Waals surface area contributed by atoms with Gasteiger partial charge in [-0.1, -0.05) is 0 Å². The number of aromatic nitrogens is 2. The molecule has 5 rings (SSSR count). The molecule has 2 fully saturated rings. The molecular weight excluding hydrogens is 382 g/mol. The molecule has 156 valence electrons. The maximum atomic E-state index is 12.3. The number of rotatable bonds is 4. The number of fused-ring (bicyclic) bond motifs is 3. The number of hydrazine groups is 1. The highest BCUT2D eigenvalue weighted by atomic mass is 16.2. The van der Waals surface area contributed by atoms with Crippen LogP contribution in [0.25, 0.3) is 0 Å². The average molecular weight is 407 g/mol. The van der Waals surface area contributed by atoms with Crippen molar-refractivity contribution in [3.8, 4) is 0 Å². The van der Waals surface area contributed by atoms with E-state index in [1.807, 2.05) is 17.3 Å². The van der Waals surface area contributed by atoms with E-state index in [0.29, 0.717) is 5.56 Å². The zero-order valence-electron chi connectivity index (χ0n) is 16.8. The third-order valence-corrected chi connectivity index (χ3v) is 5.97. The lowest BCUT2D eigenvalue weighted by atomic mass is 10.1. The molecule has 2 saturated heterocycles. The minimum Gasteiger partial charge on any atom is -0.343 e. The summed E-state index contributed by atoms with van der Waals surface area (Å²) >= 11 is 0. The fourth-order valence-electron chi connectivity index (χ4n) is 4.40. The summed E-state index contributed by atoms with van der Waals surface area (Å²) in [7, 11) is 0. The summed E-state index contributed by atoms with van der Waals surface area (Å²) in [5.41, 5.74) is 5.41. The second-order valence-electron chi connectivity index (χ2n) is 8.00. The summed E-state index contributed by atoms with van der Waals surface area (Å²) < 4.78 is 0. The first-order valence-corrected chi connectivity index (χ1v) is 10.4. The van der Waals surface area contributed by atoms with Gasteiger partial charge in [0, 0.05) is 57.9 Å². The van der Waals surface area contributed by atoms with Gasteiger partial charge in [-0.2, -0.15) is 0 Å². The molecular formula is C21H25N7O2. The van der Waals surface area contributed by atoms with Gasteiger partial charge in [-0.3, -0.25) is 24.9 Å². The lowest BCUT2D eigenvalue weighted by Crippen LogP contribution is -2.53. The number of pyridine rings is 2. The number of hydrogen-bond acceptors (Lipinski definition) is 7. The average Bonchev–Trinajstić information content (AvgIpc) is 3.27. The van der Waals surface area contributed by atoms with Crippen LogP contribution in [0.3, 0.4) is 0 Å². The van der Waals surface area contributed by atoms with Crippen molar-refractivity contribution in [3.63, 3.8) is 0 Å². The van der Waals surface area contributed by atoms with Gasteiger partial charge in [-0.15, -0.1) is 0 Å². The Hall–Kier alpha value is -3.04. The molecule has 2 aromatic rings. The smallest absolute Gasteiger partial charge is 0.267 e. The summed E-state index contributed by atoms with van der Waals surface area (Å²) in [5.74, 6) is 0.840. The van der Waals surface area contributed by atoms with Crippen LogP contribution < -0.4 is 15.6 Å². The standard InChI is InChI=1S/C21H25N7O2/c29-20(16-3-1-5-22-13-16)25-27-9-7-26(8-10-27)14-15-11-17-19(23-12-15)28-6-2-4-18(28)21(30)24-17/h1,3,5,11-13,18H,2,4,6-10,14H2,(H,24,30)(H,25,29). The normalized spacial score (nSPS) is 21.7. The highest BCUT2D eigenvalue weighted by Crippen LogP contribution is 2.35. The molecule has 0 aliphatic carbocycles. The SMILES string of the molecule is O=C(NN1CCN(Cc2cnc3c(c2)NC(=O)C2CCCN32)CC1)c1cccnc1. The van der Waals surface area contributed by atoms with E-state index in [1.165, 1.54) is 0 Å². The monoisotopic (exact) mass is 407 g/mol. The Morgan fingerprint density at radius 1 is 1.20 bits per heavy atom. The molecule has 0 aromatic carbocycles. The zero-order chi connectivity index (χ0) is 20.5. The molecule has 1 unspecified atom stereocenters. The molecule has 2 N–H and O–H groups in total. The van der Waals surface area contributed by atoms with Crippen molar-refractivity contribution < 1.29 is 9.59 Å². The Morgan fingerprint density at radius 3 is 2.87 bits per heavy atom. The van der Waals surface area contributed by atoms with Crippen molar-refractivity contribution in [2.75, 3.05) is 42.9 Å². The van der Waals surface area contributed by atoms with E-state index in [4.69, 9.17) is 0 Å². The fraction of sp³-hybridized carbons (Fsp3) is 0.429. The van der Waals surface area contributed by atoms with Gasteiger partial charge in [0.25, 0.3) is 5.91 Å². The van der Waals surface area contributed by atoms with Crippen molar-refractivity contribution in [1.82, 2.24) is 25.3 Å². The van der Waals surface area contributed by atoms with Crippen LogP contribution in [0.2, 0.25) is 0 Å². The second-order valence-corrected chi connectivity index (χ2v) is 8.00. The Balaban J connectivity index is 1.17. The zero-order valence-corrected chi connectivity index (χ0v) is 16.8. The van der Waals surface area contributed by atoms with Crippen LogP contribution in [0.1, 0.15) is 28.8 Å². The van der Waals surface area contributed by atoms with Crippen molar-refractivity contribution in [2.45, 2.75) is 25.4 Å². The molecule has 5 heterocycles. The van der Waals surface area contributed by atoms with Gasteiger partial charge in [-0.05, 0) is 36.6 Å². The van der Waals surface area contributed by atoms with Gasteiger partial charge in [0.2, 0.25) is 5.91 Å². The van der Waals surface area contributed by atoms with Gasteiger partial charge < -0.3 is 10.2 Å². The van der Waals surface area contributed by atoms with Gasteiger partial charge in [0.05, 0.1) is 11.3 Å². The maximum absolute atomic E-state index is 12.3. The molecule has 3 aliphatic heterocycles. The summed E-state index contributed by atoms with van der Waals surface area (Å²) in [6.45, 7) is 4.83. The number of anilines is 2. The van der Waals surface area contributed by atoms with Crippen LogP contribution >= 0.6 is 0 Å². The molecule has 30 heavy (non-hydrogen) atoms. The molecule has 0 radical (unpaired) electrons. The van der Waals surface area contributed by atoms with Gasteiger partial charge in [-0.25, -0.2) is 9.99 Å². The van der Waals surface area contributed by atoms with Gasteiger partial charge >= 0.3 is 0 Å². The van der Waals surface area contributed by atoms with Gasteiger partial charge in [0.15, 0.2) is 5.82 Å². The highest BCUT2D eigenvalue weighted by molar-refractivity contribution is 6.03. The number of amides is 2. The van der Waals surface area contributed by atoms with Crippen LogP contribution in [-0.2, 0) is 11.3 Å². The largest absolute Gasteiger partial charge is 0.343 e. The summed E-state index contributed by atoms with van der Waals surface area (Å²) in [4.78, 5) is 37.7. The summed E-state index contributed by atoms with van der Waals surface area (Å²) in [6, 6.07) is 5.49. The first kappa shape index (κ1) is 19.0. The van der Waals surface area contributed by atoms with Crippen LogP contribution in [0, 0.1) is 0 Å². The first-order valence-electron chi connectivity index (χ1n) is 10.4. The van der Waals surface area contributed by atoms with E-state index in [2.05, 4.69) is 30.5 Å². The molecule has 3 aliphatic rings. The third kappa shape index (κ3) is 3.73.